The second kappa shape index (κ2) is 5.19. The maximum absolute atomic E-state index is 6.46. The number of aryl methyl sites for hydroxylation is 1. The van der Waals surface area contributed by atoms with Crippen LogP contribution in [-0.2, 0) is 0 Å². The summed E-state index contributed by atoms with van der Waals surface area (Å²) in [6, 6.07) is 10.7. The van der Waals surface area contributed by atoms with Crippen LogP contribution < -0.4 is 4.43 Å². The largest absolute Gasteiger partial charge is 0.543 e. The van der Waals surface area contributed by atoms with Gasteiger partial charge >= 0.3 is 0 Å². The normalized spacial score (nSPS) is 12.8. The van der Waals surface area contributed by atoms with Crippen molar-refractivity contribution < 1.29 is 4.43 Å². The predicted octanol–water partition coefficient (Wildman–Crippen LogP) is 6.29. The van der Waals surface area contributed by atoms with Crippen molar-refractivity contribution in [2.45, 2.75) is 45.8 Å². The lowest BCUT2D eigenvalue weighted by atomic mass is 10.1. The Morgan fingerprint density at radius 1 is 1.05 bits per heavy atom. The highest BCUT2D eigenvalue weighted by Crippen LogP contribution is 2.39. The molecule has 2 aromatic rings. The van der Waals surface area contributed by atoms with Crippen molar-refractivity contribution >= 4 is 35.0 Å². The summed E-state index contributed by atoms with van der Waals surface area (Å²) in [6.07, 6.45) is 0. The van der Waals surface area contributed by atoms with E-state index in [4.69, 9.17) is 4.43 Å². The van der Waals surface area contributed by atoms with Crippen molar-refractivity contribution in [3.8, 4) is 5.75 Å². The minimum atomic E-state index is -1.78. The van der Waals surface area contributed by atoms with Gasteiger partial charge in [0.15, 0.2) is 0 Å². The molecule has 0 spiro atoms. The minimum Gasteiger partial charge on any atom is -0.543 e. The van der Waals surface area contributed by atoms with E-state index in [-0.39, 0.29) is 5.04 Å². The molecule has 2 rings (SSSR count). The van der Waals surface area contributed by atoms with Crippen LogP contribution >= 0.6 is 15.9 Å². The summed E-state index contributed by atoms with van der Waals surface area (Å²) >= 11 is 3.53. The maximum atomic E-state index is 6.46. The predicted molar refractivity (Wildman–Crippen MR) is 94.2 cm³/mol. The van der Waals surface area contributed by atoms with Gasteiger partial charge in [0.2, 0.25) is 8.32 Å². The second-order valence-electron chi connectivity index (χ2n) is 6.92. The van der Waals surface area contributed by atoms with Gasteiger partial charge in [-0.15, -0.1) is 0 Å². The van der Waals surface area contributed by atoms with Crippen LogP contribution in [0.4, 0.5) is 0 Å². The Morgan fingerprint density at radius 3 is 2.30 bits per heavy atom. The van der Waals surface area contributed by atoms with E-state index < -0.39 is 8.32 Å². The Hall–Kier alpha value is -0.803. The van der Waals surface area contributed by atoms with Gasteiger partial charge < -0.3 is 4.43 Å². The van der Waals surface area contributed by atoms with E-state index in [2.05, 4.69) is 87.1 Å². The molecule has 0 aliphatic heterocycles. The summed E-state index contributed by atoms with van der Waals surface area (Å²) in [4.78, 5) is 0. The fourth-order valence-corrected chi connectivity index (χ4v) is 3.43. The number of hydrogen-bond acceptors (Lipinski definition) is 1. The van der Waals surface area contributed by atoms with Gasteiger partial charge in [0, 0.05) is 4.47 Å². The van der Waals surface area contributed by atoms with Gasteiger partial charge in [-0.25, -0.2) is 0 Å². The smallest absolute Gasteiger partial charge is 0.250 e. The number of halogens is 1. The van der Waals surface area contributed by atoms with Gasteiger partial charge in [-0.1, -0.05) is 48.8 Å². The molecule has 0 aliphatic rings. The zero-order valence-corrected chi connectivity index (χ0v) is 15.8. The molecule has 0 heterocycles. The molecular formula is C17H23BrOSi. The lowest BCUT2D eigenvalue weighted by Gasteiger charge is -2.37. The van der Waals surface area contributed by atoms with Crippen LogP contribution in [-0.4, -0.2) is 8.32 Å². The first-order chi connectivity index (χ1) is 9.12. The van der Waals surface area contributed by atoms with Crippen molar-refractivity contribution in [3.05, 3.63) is 40.4 Å². The average molecular weight is 351 g/mol. The van der Waals surface area contributed by atoms with Crippen LogP contribution in [0.3, 0.4) is 0 Å². The van der Waals surface area contributed by atoms with Crippen LogP contribution in [0.5, 0.6) is 5.75 Å². The molecule has 0 aliphatic carbocycles. The van der Waals surface area contributed by atoms with E-state index >= 15 is 0 Å². The van der Waals surface area contributed by atoms with Gasteiger partial charge in [0.25, 0.3) is 0 Å². The lowest BCUT2D eigenvalue weighted by Crippen LogP contribution is -2.44. The summed E-state index contributed by atoms with van der Waals surface area (Å²) in [7, 11) is -1.78. The standard InChI is InChI=1S/C17H23BrOSi/c1-12-15-9-8-14(18)11-13(15)7-10-16(12)19-20(5,6)17(2,3)4/h7-11H,1-6H3. The van der Waals surface area contributed by atoms with Gasteiger partial charge in [0.05, 0.1) is 0 Å². The Kier molecular flexibility index (Phi) is 4.04. The van der Waals surface area contributed by atoms with Crippen LogP contribution in [0.25, 0.3) is 10.8 Å². The number of rotatable bonds is 2. The van der Waals surface area contributed by atoms with Gasteiger partial charge in [0.1, 0.15) is 5.75 Å². The van der Waals surface area contributed by atoms with E-state index in [1.165, 1.54) is 16.3 Å². The first kappa shape index (κ1) is 15.6. The SMILES string of the molecule is Cc1c(O[Si](C)(C)C(C)(C)C)ccc2cc(Br)ccc12. The van der Waals surface area contributed by atoms with E-state index in [0.29, 0.717) is 0 Å². The maximum Gasteiger partial charge on any atom is 0.250 e. The third kappa shape index (κ3) is 2.94. The Bertz CT molecular complexity index is 641. The van der Waals surface area contributed by atoms with Crippen LogP contribution in [0.15, 0.2) is 34.8 Å². The van der Waals surface area contributed by atoms with Gasteiger partial charge in [-0.2, -0.15) is 0 Å². The molecule has 0 amide bonds. The topological polar surface area (TPSA) is 9.23 Å². The van der Waals surface area contributed by atoms with Gasteiger partial charge in [-0.05, 0) is 59.6 Å². The fraction of sp³-hybridized carbons (Fsp3) is 0.412. The third-order valence-electron chi connectivity index (χ3n) is 4.37. The van der Waals surface area contributed by atoms with E-state index in [0.717, 1.165) is 10.2 Å². The quantitative estimate of drug-likeness (QED) is 0.577. The highest BCUT2D eigenvalue weighted by atomic mass is 79.9. The Morgan fingerprint density at radius 2 is 1.70 bits per heavy atom. The summed E-state index contributed by atoms with van der Waals surface area (Å²) in [6.45, 7) is 13.5. The first-order valence-corrected chi connectivity index (χ1v) is 10.7. The zero-order chi connectivity index (χ0) is 15.1. The molecule has 0 atom stereocenters. The molecule has 2 aromatic carbocycles. The molecular weight excluding hydrogens is 328 g/mol. The van der Waals surface area contributed by atoms with Gasteiger partial charge in [-0.3, -0.25) is 0 Å². The van der Waals surface area contributed by atoms with E-state index in [1.54, 1.807) is 0 Å². The summed E-state index contributed by atoms with van der Waals surface area (Å²) < 4.78 is 7.58. The molecule has 1 nitrogen and oxygen atoms in total. The second-order valence-corrected chi connectivity index (χ2v) is 12.6. The Balaban J connectivity index is 2.47. The highest BCUT2D eigenvalue weighted by molar-refractivity contribution is 9.10. The third-order valence-corrected chi connectivity index (χ3v) is 9.21. The zero-order valence-electron chi connectivity index (χ0n) is 13.2. The Labute approximate surface area is 131 Å². The molecule has 0 fully saturated rings. The number of hydrogen-bond donors (Lipinski definition) is 0. The number of benzene rings is 2. The molecule has 0 bridgehead atoms. The molecule has 3 heteroatoms. The van der Waals surface area contributed by atoms with Crippen LogP contribution in [0.2, 0.25) is 18.1 Å². The van der Waals surface area contributed by atoms with Crippen molar-refractivity contribution in [3.63, 3.8) is 0 Å². The fourth-order valence-electron chi connectivity index (χ4n) is 1.97. The molecule has 0 aromatic heterocycles. The molecule has 0 N–H and O–H groups in total. The number of fused-ring (bicyclic) bond motifs is 1. The summed E-state index contributed by atoms with van der Waals surface area (Å²) in [5.74, 6) is 1.03. The van der Waals surface area contributed by atoms with Crippen molar-refractivity contribution in [1.82, 2.24) is 0 Å². The van der Waals surface area contributed by atoms with Crippen LogP contribution in [0, 0.1) is 6.92 Å². The van der Waals surface area contributed by atoms with Crippen LogP contribution in [0.1, 0.15) is 26.3 Å². The molecule has 0 radical (unpaired) electrons. The average Bonchev–Trinajstić information content (AvgIpc) is 2.31. The molecule has 0 saturated carbocycles. The van der Waals surface area contributed by atoms with Crippen molar-refractivity contribution in [1.29, 1.82) is 0 Å². The van der Waals surface area contributed by atoms with E-state index in [1.807, 2.05) is 0 Å². The van der Waals surface area contributed by atoms with E-state index in [9.17, 15) is 0 Å². The van der Waals surface area contributed by atoms with Crippen molar-refractivity contribution in [2.75, 3.05) is 0 Å². The lowest BCUT2D eigenvalue weighted by molar-refractivity contribution is 0.490. The summed E-state index contributed by atoms with van der Waals surface area (Å²) in [5.41, 5.74) is 1.24. The minimum absolute atomic E-state index is 0.216. The molecule has 0 saturated heterocycles. The molecule has 108 valence electrons. The summed E-state index contributed by atoms with van der Waals surface area (Å²) in [5, 5.41) is 2.73. The molecule has 0 unspecified atom stereocenters. The monoisotopic (exact) mass is 350 g/mol. The molecule has 20 heavy (non-hydrogen) atoms. The highest BCUT2D eigenvalue weighted by Gasteiger charge is 2.39. The van der Waals surface area contributed by atoms with Crippen molar-refractivity contribution in [2.24, 2.45) is 0 Å². The first-order valence-electron chi connectivity index (χ1n) is 7.00.